The van der Waals surface area contributed by atoms with Crippen molar-refractivity contribution >= 4 is 5.69 Å². The summed E-state index contributed by atoms with van der Waals surface area (Å²) in [4.78, 5) is 0. The van der Waals surface area contributed by atoms with Crippen LogP contribution in [0.2, 0.25) is 0 Å². The molecule has 3 aromatic rings. The largest absolute Gasteiger partial charge is 0.508 e. The highest BCUT2D eigenvalue weighted by Crippen LogP contribution is 2.34. The van der Waals surface area contributed by atoms with Crippen LogP contribution in [-0.4, -0.2) is 14.9 Å². The maximum Gasteiger partial charge on any atom is 0.435 e. The van der Waals surface area contributed by atoms with Crippen molar-refractivity contribution in [2.75, 3.05) is 5.73 Å². The summed E-state index contributed by atoms with van der Waals surface area (Å²) in [5.41, 5.74) is 6.96. The molecular weight excluding hydrogens is 319 g/mol. The Labute approximate surface area is 136 Å². The third-order valence-electron chi connectivity index (χ3n) is 3.63. The molecule has 0 bridgehead atoms. The number of hydrogen-bond donors (Lipinski definition) is 2. The van der Waals surface area contributed by atoms with Crippen LogP contribution in [0.1, 0.15) is 11.3 Å². The number of hydrogen-bond acceptors (Lipinski definition) is 3. The first-order chi connectivity index (χ1) is 11.3. The lowest BCUT2D eigenvalue weighted by molar-refractivity contribution is -0.141. The first kappa shape index (κ1) is 15.9. The molecule has 0 amide bonds. The Morgan fingerprint density at radius 3 is 2.29 bits per heavy atom. The van der Waals surface area contributed by atoms with E-state index in [0.717, 1.165) is 6.07 Å². The molecular formula is C17H14F3N3O. The molecule has 0 atom stereocenters. The predicted octanol–water partition coefficient (Wildman–Crippen LogP) is 4.15. The van der Waals surface area contributed by atoms with Gasteiger partial charge in [-0.15, -0.1) is 0 Å². The molecule has 24 heavy (non-hydrogen) atoms. The van der Waals surface area contributed by atoms with Gasteiger partial charge in [0.2, 0.25) is 0 Å². The van der Waals surface area contributed by atoms with Crippen molar-refractivity contribution < 1.29 is 18.3 Å². The summed E-state index contributed by atoms with van der Waals surface area (Å²) in [6.45, 7) is 1.67. The number of aromatic nitrogens is 2. The van der Waals surface area contributed by atoms with E-state index in [0.29, 0.717) is 22.5 Å². The summed E-state index contributed by atoms with van der Waals surface area (Å²) >= 11 is 0. The van der Waals surface area contributed by atoms with Gasteiger partial charge in [-0.2, -0.15) is 18.3 Å². The molecule has 0 radical (unpaired) electrons. The minimum Gasteiger partial charge on any atom is -0.508 e. The van der Waals surface area contributed by atoms with E-state index < -0.39 is 11.9 Å². The smallest absolute Gasteiger partial charge is 0.435 e. The highest BCUT2D eigenvalue weighted by molar-refractivity contribution is 5.65. The molecule has 0 aliphatic heterocycles. The van der Waals surface area contributed by atoms with Crippen molar-refractivity contribution in [3.05, 3.63) is 59.8 Å². The zero-order valence-electron chi connectivity index (χ0n) is 12.7. The molecule has 3 N–H and O–H groups in total. The fourth-order valence-electron chi connectivity index (χ4n) is 2.35. The van der Waals surface area contributed by atoms with Gasteiger partial charge in [0.05, 0.1) is 11.4 Å². The van der Waals surface area contributed by atoms with Gasteiger partial charge in [0.1, 0.15) is 5.75 Å². The monoisotopic (exact) mass is 333 g/mol. The number of alkyl halides is 3. The molecule has 0 spiro atoms. The van der Waals surface area contributed by atoms with Crippen molar-refractivity contribution in [2.24, 2.45) is 0 Å². The average molecular weight is 333 g/mol. The predicted molar refractivity (Wildman–Crippen MR) is 84.8 cm³/mol. The van der Waals surface area contributed by atoms with Crippen LogP contribution in [0.5, 0.6) is 5.75 Å². The van der Waals surface area contributed by atoms with Crippen LogP contribution in [-0.2, 0) is 6.18 Å². The first-order valence-corrected chi connectivity index (χ1v) is 7.09. The number of halogens is 3. The SMILES string of the molecule is Cc1cc(-c2cc(C(F)(F)F)nn2-c2ccc(N)cc2)ccc1O. The molecule has 0 saturated heterocycles. The van der Waals surface area contributed by atoms with Crippen molar-refractivity contribution in [1.82, 2.24) is 9.78 Å². The van der Waals surface area contributed by atoms with Crippen molar-refractivity contribution in [3.8, 4) is 22.7 Å². The Morgan fingerprint density at radius 2 is 1.71 bits per heavy atom. The number of aromatic hydroxyl groups is 1. The second kappa shape index (κ2) is 5.59. The minimum absolute atomic E-state index is 0.0772. The lowest BCUT2D eigenvalue weighted by atomic mass is 10.1. The molecule has 1 heterocycles. The molecule has 0 fully saturated rings. The zero-order chi connectivity index (χ0) is 17.5. The quantitative estimate of drug-likeness (QED) is 0.692. The van der Waals surface area contributed by atoms with E-state index in [-0.39, 0.29) is 11.4 Å². The Balaban J connectivity index is 2.21. The highest BCUT2D eigenvalue weighted by atomic mass is 19.4. The summed E-state index contributed by atoms with van der Waals surface area (Å²) in [6, 6.07) is 12.0. The number of nitrogen functional groups attached to an aromatic ring is 1. The second-order valence-corrected chi connectivity index (χ2v) is 5.42. The summed E-state index contributed by atoms with van der Waals surface area (Å²) in [6.07, 6.45) is -4.56. The number of nitrogens with two attached hydrogens (primary N) is 1. The van der Waals surface area contributed by atoms with E-state index in [1.165, 1.54) is 10.7 Å². The lowest BCUT2D eigenvalue weighted by Crippen LogP contribution is -2.07. The van der Waals surface area contributed by atoms with Crippen LogP contribution in [0.25, 0.3) is 16.9 Å². The normalized spacial score (nSPS) is 11.7. The number of aryl methyl sites for hydroxylation is 1. The van der Waals surface area contributed by atoms with Crippen LogP contribution in [0.4, 0.5) is 18.9 Å². The number of phenolic OH excluding ortho intramolecular Hbond substituents is 1. The van der Waals surface area contributed by atoms with E-state index in [1.807, 2.05) is 0 Å². The molecule has 0 saturated carbocycles. The van der Waals surface area contributed by atoms with Gasteiger partial charge in [0.25, 0.3) is 0 Å². The molecule has 2 aromatic carbocycles. The highest BCUT2D eigenvalue weighted by Gasteiger charge is 2.35. The van der Waals surface area contributed by atoms with Crippen molar-refractivity contribution in [2.45, 2.75) is 13.1 Å². The van der Waals surface area contributed by atoms with Gasteiger partial charge in [0, 0.05) is 11.3 Å². The third-order valence-corrected chi connectivity index (χ3v) is 3.63. The molecule has 124 valence electrons. The molecule has 4 nitrogen and oxygen atoms in total. The summed E-state index contributed by atoms with van der Waals surface area (Å²) < 4.78 is 40.5. The van der Waals surface area contributed by atoms with Gasteiger partial charge in [-0.25, -0.2) is 4.68 Å². The molecule has 0 unspecified atom stereocenters. The summed E-state index contributed by atoms with van der Waals surface area (Å²) in [5.74, 6) is 0.0772. The van der Waals surface area contributed by atoms with Gasteiger partial charge in [-0.3, -0.25) is 0 Å². The Morgan fingerprint density at radius 1 is 1.04 bits per heavy atom. The maximum atomic E-state index is 13.1. The standard InChI is InChI=1S/C17H14F3N3O/c1-10-8-11(2-7-15(10)24)14-9-16(17(18,19)20)22-23(14)13-5-3-12(21)4-6-13/h2-9,24H,21H2,1H3. The minimum atomic E-state index is -4.56. The fourth-order valence-corrected chi connectivity index (χ4v) is 2.35. The van der Waals surface area contributed by atoms with Gasteiger partial charge in [-0.05, 0) is 61.0 Å². The third kappa shape index (κ3) is 2.92. The molecule has 1 aromatic heterocycles. The molecule has 0 aliphatic rings. The van der Waals surface area contributed by atoms with Gasteiger partial charge in [-0.1, -0.05) is 0 Å². The fraction of sp³-hybridized carbons (Fsp3) is 0.118. The van der Waals surface area contributed by atoms with Crippen LogP contribution in [0.3, 0.4) is 0 Å². The first-order valence-electron chi connectivity index (χ1n) is 7.09. The van der Waals surface area contributed by atoms with Gasteiger partial charge in [0.15, 0.2) is 5.69 Å². The van der Waals surface area contributed by atoms with E-state index in [4.69, 9.17) is 5.73 Å². The Hall–Kier alpha value is -2.96. The van der Waals surface area contributed by atoms with Crippen LogP contribution < -0.4 is 5.73 Å². The second-order valence-electron chi connectivity index (χ2n) is 5.42. The number of anilines is 1. The van der Waals surface area contributed by atoms with Crippen molar-refractivity contribution in [1.29, 1.82) is 0 Å². The van der Waals surface area contributed by atoms with Gasteiger partial charge >= 0.3 is 6.18 Å². The molecule has 0 aliphatic carbocycles. The summed E-state index contributed by atoms with van der Waals surface area (Å²) in [5, 5.41) is 13.3. The lowest BCUT2D eigenvalue weighted by Gasteiger charge is -2.09. The van der Waals surface area contributed by atoms with Crippen molar-refractivity contribution in [3.63, 3.8) is 0 Å². The summed E-state index contributed by atoms with van der Waals surface area (Å²) in [7, 11) is 0. The van der Waals surface area contributed by atoms with E-state index in [2.05, 4.69) is 5.10 Å². The van der Waals surface area contributed by atoms with Gasteiger partial charge < -0.3 is 10.8 Å². The zero-order valence-corrected chi connectivity index (χ0v) is 12.7. The number of nitrogens with zero attached hydrogens (tertiary/aromatic N) is 2. The number of benzene rings is 2. The van der Waals surface area contributed by atoms with E-state index >= 15 is 0 Å². The number of phenols is 1. The van der Waals surface area contributed by atoms with E-state index in [1.54, 1.807) is 43.3 Å². The van der Waals surface area contributed by atoms with Crippen LogP contribution in [0, 0.1) is 6.92 Å². The maximum absolute atomic E-state index is 13.1. The topological polar surface area (TPSA) is 64.1 Å². The number of rotatable bonds is 2. The van der Waals surface area contributed by atoms with Crippen LogP contribution >= 0.6 is 0 Å². The average Bonchev–Trinajstić information content (AvgIpc) is 2.96. The molecule has 3 rings (SSSR count). The van der Waals surface area contributed by atoms with Crippen LogP contribution in [0.15, 0.2) is 48.5 Å². The Bertz CT molecular complexity index is 883. The molecule has 7 heteroatoms. The van der Waals surface area contributed by atoms with E-state index in [9.17, 15) is 18.3 Å². The Kier molecular flexibility index (Phi) is 3.71.